The van der Waals surface area contributed by atoms with E-state index in [2.05, 4.69) is 29.9 Å². The predicted molar refractivity (Wildman–Crippen MR) is 133 cm³/mol. The van der Waals surface area contributed by atoms with Gasteiger partial charge >= 0.3 is 20.0 Å². The van der Waals surface area contributed by atoms with Crippen LogP contribution in [0.2, 0.25) is 0 Å². The summed E-state index contributed by atoms with van der Waals surface area (Å²) in [4.78, 5) is 31.9. The first-order valence-electron chi connectivity index (χ1n) is 12.3. The maximum atomic E-state index is 13.7. The van der Waals surface area contributed by atoms with Gasteiger partial charge in [0.05, 0.1) is 25.9 Å². The summed E-state index contributed by atoms with van der Waals surface area (Å²) >= 11 is 0. The average molecular weight is 632 g/mol. The number of ether oxygens (including phenoxy) is 2. The number of imidazole rings is 2. The van der Waals surface area contributed by atoms with Crippen LogP contribution in [0.25, 0.3) is 22.3 Å². The van der Waals surface area contributed by atoms with Crippen LogP contribution < -0.4 is 11.5 Å². The minimum atomic E-state index is -4.91. The Kier molecular flexibility index (Phi) is 7.45. The van der Waals surface area contributed by atoms with E-state index in [4.69, 9.17) is 30.0 Å². The van der Waals surface area contributed by atoms with Crippen LogP contribution in [0.5, 0.6) is 0 Å². The molecule has 0 aliphatic carbocycles. The largest absolute Gasteiger partial charge is 0.472 e. The van der Waals surface area contributed by atoms with Crippen LogP contribution in [-0.2, 0) is 23.1 Å². The van der Waals surface area contributed by atoms with Crippen LogP contribution in [0.4, 0.5) is 20.4 Å². The van der Waals surface area contributed by atoms with E-state index in [0.29, 0.717) is 0 Å². The Hall–Kier alpha value is -3.57. The predicted octanol–water partition coefficient (Wildman–Crippen LogP) is -2.52. The van der Waals surface area contributed by atoms with Crippen molar-refractivity contribution in [3.8, 4) is 0 Å². The first-order chi connectivity index (χ1) is 20.3. The Morgan fingerprint density at radius 1 is 0.767 bits per heavy atom. The molecule has 0 saturated carbocycles. The number of halogens is 2. The molecule has 6 rings (SSSR count). The number of phosphoric acid groups is 1. The van der Waals surface area contributed by atoms with Gasteiger partial charge in [-0.3, -0.25) is 18.2 Å². The van der Waals surface area contributed by atoms with E-state index in [1.807, 2.05) is 0 Å². The molecule has 9 N–H and O–H groups in total. The molecule has 6 heterocycles. The van der Waals surface area contributed by atoms with Crippen molar-refractivity contribution in [3.05, 3.63) is 24.8 Å². The highest BCUT2D eigenvalue weighted by atomic mass is 31.2. The lowest BCUT2D eigenvalue weighted by Gasteiger charge is -2.20. The smallest absolute Gasteiger partial charge is 0.387 e. The van der Waals surface area contributed by atoms with Gasteiger partial charge in [-0.1, -0.05) is 0 Å². The third-order valence-electron chi connectivity index (χ3n) is 6.87. The molecule has 43 heavy (non-hydrogen) atoms. The molecule has 4 aromatic heterocycles. The molecule has 0 radical (unpaired) electrons. The molecule has 2 aliphatic heterocycles. The molecule has 0 bridgehead atoms. The van der Waals surface area contributed by atoms with Crippen molar-refractivity contribution in [2.75, 3.05) is 24.7 Å². The van der Waals surface area contributed by atoms with Crippen LogP contribution in [0.3, 0.4) is 0 Å². The highest BCUT2D eigenvalue weighted by Crippen LogP contribution is 2.46. The van der Waals surface area contributed by atoms with E-state index in [0.717, 1.165) is 21.8 Å². The zero-order chi connectivity index (χ0) is 30.8. The standard InChI is InChI=1S/C20H23F2N10O10P/c21-19-27-13(23)7-15(29-19)31(3-25-7)17-11(35)9(33)5(41-17)1-39-43(37,38)40-2-6-10(34)12(36)18(42-6)32-4-26-8-14(24)28-20(22)30-16(8)32/h3-6,9-12,17-18,33-36H,1-2H2,(H,37,38)(H2,23,27,29)(H2,24,28,30)/t5-,6-,9-,10-,11+,12+,17+,18+/m1/s1. The number of nitrogen functional groups attached to an aromatic ring is 2. The van der Waals surface area contributed by atoms with Crippen molar-refractivity contribution >= 4 is 41.8 Å². The third-order valence-corrected chi connectivity index (χ3v) is 7.82. The van der Waals surface area contributed by atoms with Gasteiger partial charge < -0.3 is 46.3 Å². The van der Waals surface area contributed by atoms with E-state index >= 15 is 0 Å². The topological polar surface area (TPSA) is 294 Å². The second-order valence-electron chi connectivity index (χ2n) is 9.56. The number of fused-ring (bicyclic) bond motifs is 2. The minimum absolute atomic E-state index is 0.00844. The monoisotopic (exact) mass is 632 g/mol. The first-order valence-corrected chi connectivity index (χ1v) is 13.8. The van der Waals surface area contributed by atoms with Crippen LogP contribution in [0, 0.1) is 12.2 Å². The second-order valence-corrected chi connectivity index (χ2v) is 11.0. The van der Waals surface area contributed by atoms with Gasteiger partial charge in [0.1, 0.15) is 36.6 Å². The summed E-state index contributed by atoms with van der Waals surface area (Å²) in [6.07, 6.45) is -12.1. The SMILES string of the molecule is Nc1nc(F)nc2c1ncn2[C@H]1O[C@H](COP(=O)(O)OC[C@H]2O[C@H](n3cnc4c(N)nc(F)nc43)[C@@H](O)[C@@H]2O)[C@@H](O)[C@@H]1O. The van der Waals surface area contributed by atoms with Gasteiger partial charge in [0.2, 0.25) is 0 Å². The van der Waals surface area contributed by atoms with Gasteiger partial charge in [0, 0.05) is 0 Å². The maximum absolute atomic E-state index is 13.7. The number of aromatic nitrogens is 8. The minimum Gasteiger partial charge on any atom is -0.387 e. The molecule has 20 nitrogen and oxygen atoms in total. The maximum Gasteiger partial charge on any atom is 0.472 e. The molecule has 0 aromatic carbocycles. The van der Waals surface area contributed by atoms with Crippen LogP contribution in [-0.4, -0.2) is 114 Å². The molecule has 8 atom stereocenters. The highest BCUT2D eigenvalue weighted by molar-refractivity contribution is 7.47. The zero-order valence-electron chi connectivity index (χ0n) is 21.4. The molecule has 232 valence electrons. The Morgan fingerprint density at radius 2 is 1.16 bits per heavy atom. The molecule has 2 fully saturated rings. The molecule has 23 heteroatoms. The van der Waals surface area contributed by atoms with Gasteiger partial charge in [0.25, 0.3) is 0 Å². The number of nitrogens with two attached hydrogens (primary N) is 2. The summed E-state index contributed by atoms with van der Waals surface area (Å²) < 4.78 is 63.1. The van der Waals surface area contributed by atoms with E-state index in [9.17, 15) is 38.7 Å². The number of aliphatic hydroxyl groups is 4. The fourth-order valence-corrected chi connectivity index (χ4v) is 5.51. The van der Waals surface area contributed by atoms with Crippen LogP contribution >= 0.6 is 7.82 Å². The van der Waals surface area contributed by atoms with Crippen molar-refractivity contribution < 1.29 is 57.2 Å². The van der Waals surface area contributed by atoms with Crippen molar-refractivity contribution in [1.29, 1.82) is 0 Å². The Balaban J connectivity index is 1.08. The van der Waals surface area contributed by atoms with Gasteiger partial charge in [-0.25, -0.2) is 14.5 Å². The molecule has 0 unspecified atom stereocenters. The molecule has 0 amide bonds. The Bertz CT molecular complexity index is 1610. The summed E-state index contributed by atoms with van der Waals surface area (Å²) in [5.41, 5.74) is 11.0. The number of aliphatic hydroxyl groups excluding tert-OH is 4. The number of phosphoric ester groups is 1. The number of hydrogen-bond acceptors (Lipinski definition) is 17. The summed E-state index contributed by atoms with van der Waals surface area (Å²) in [5.74, 6) is -0.539. The Labute approximate surface area is 237 Å². The van der Waals surface area contributed by atoms with E-state index in [1.54, 1.807) is 0 Å². The van der Waals surface area contributed by atoms with Gasteiger partial charge in [-0.15, -0.1) is 0 Å². The third kappa shape index (κ3) is 5.26. The van der Waals surface area contributed by atoms with Crippen LogP contribution in [0.15, 0.2) is 12.7 Å². The molecule has 2 aliphatic rings. The average Bonchev–Trinajstić information content (AvgIpc) is 3.69. The van der Waals surface area contributed by atoms with Crippen molar-refractivity contribution in [3.63, 3.8) is 0 Å². The normalized spacial score (nSPS) is 29.7. The zero-order valence-corrected chi connectivity index (χ0v) is 22.3. The van der Waals surface area contributed by atoms with Crippen molar-refractivity contribution in [2.24, 2.45) is 0 Å². The van der Waals surface area contributed by atoms with Gasteiger partial charge in [-0.2, -0.15) is 28.7 Å². The summed E-state index contributed by atoms with van der Waals surface area (Å²) in [6, 6.07) is 0. The molecular weight excluding hydrogens is 609 g/mol. The first kappa shape index (κ1) is 29.5. The lowest BCUT2D eigenvalue weighted by molar-refractivity contribution is -0.0609. The van der Waals surface area contributed by atoms with Crippen molar-refractivity contribution in [2.45, 2.75) is 49.1 Å². The molecule has 4 aromatic rings. The number of rotatable bonds is 8. The molecule has 0 spiro atoms. The number of anilines is 2. The number of hydrogen-bond donors (Lipinski definition) is 7. The summed E-state index contributed by atoms with van der Waals surface area (Å²) in [6.45, 7) is -1.54. The van der Waals surface area contributed by atoms with E-state index in [-0.39, 0.29) is 34.0 Å². The fourth-order valence-electron chi connectivity index (χ4n) is 4.76. The quantitative estimate of drug-likeness (QED) is 0.0779. The summed E-state index contributed by atoms with van der Waals surface area (Å²) in [7, 11) is -4.91. The van der Waals surface area contributed by atoms with E-state index in [1.165, 1.54) is 0 Å². The van der Waals surface area contributed by atoms with Crippen molar-refractivity contribution in [1.82, 2.24) is 39.0 Å². The Morgan fingerprint density at radius 3 is 1.56 bits per heavy atom. The number of nitrogens with zero attached hydrogens (tertiary/aromatic N) is 8. The fraction of sp³-hybridized carbons (Fsp3) is 0.500. The lowest BCUT2D eigenvalue weighted by Crippen LogP contribution is -2.34. The molecule has 2 saturated heterocycles. The van der Waals surface area contributed by atoms with Gasteiger partial charge in [-0.05, 0) is 0 Å². The lowest BCUT2D eigenvalue weighted by atomic mass is 10.1. The second kappa shape index (κ2) is 10.9. The summed E-state index contributed by atoms with van der Waals surface area (Å²) in [5, 5.41) is 41.9. The molecular formula is C20H23F2N10O10P. The highest BCUT2D eigenvalue weighted by Gasteiger charge is 2.47. The van der Waals surface area contributed by atoms with Crippen LogP contribution in [0.1, 0.15) is 12.5 Å². The van der Waals surface area contributed by atoms with Gasteiger partial charge in [0.15, 0.2) is 46.4 Å². The van der Waals surface area contributed by atoms with E-state index < -0.39 is 82.3 Å².